The number of benzene rings is 1. The number of β-amino-alcohol motifs (C(OH)–C–C–N with tert-alkyl or cyclic N) is 1. The third-order valence-corrected chi connectivity index (χ3v) is 7.25. The average Bonchev–Trinajstić information content (AvgIpc) is 3.62. The van der Waals surface area contributed by atoms with Crippen molar-refractivity contribution in [1.29, 1.82) is 0 Å². The average molecular weight is 558 g/mol. The summed E-state index contributed by atoms with van der Waals surface area (Å²) in [5.41, 5.74) is 7.88. The van der Waals surface area contributed by atoms with Gasteiger partial charge >= 0.3 is 0 Å². The maximum Gasteiger partial charge on any atom is 0.254 e. The summed E-state index contributed by atoms with van der Waals surface area (Å²) in [6.07, 6.45) is 3.20. The fourth-order valence-electron chi connectivity index (χ4n) is 4.41. The zero-order chi connectivity index (χ0) is 28.1. The number of aromatic nitrogens is 3. The smallest absolute Gasteiger partial charge is 0.254 e. The highest BCUT2D eigenvalue weighted by atomic mass is 32.1. The summed E-state index contributed by atoms with van der Waals surface area (Å²) in [5, 5.41) is 16.2. The monoisotopic (exact) mass is 557 g/mol. The molecule has 0 spiro atoms. The molecule has 0 aliphatic heterocycles. The molecule has 0 saturated carbocycles. The lowest BCUT2D eigenvalue weighted by Crippen LogP contribution is -2.46. The van der Waals surface area contributed by atoms with Gasteiger partial charge in [0.25, 0.3) is 5.91 Å². The summed E-state index contributed by atoms with van der Waals surface area (Å²) in [7, 11) is 0. The van der Waals surface area contributed by atoms with Crippen LogP contribution in [-0.2, 0) is 6.42 Å². The molecule has 10 heteroatoms. The second-order valence-electron chi connectivity index (χ2n) is 10.0. The molecule has 0 saturated heterocycles. The summed E-state index contributed by atoms with van der Waals surface area (Å²) >= 11 is 1.65. The van der Waals surface area contributed by atoms with E-state index in [-0.39, 0.29) is 18.1 Å². The summed E-state index contributed by atoms with van der Waals surface area (Å²) in [4.78, 5) is 21.7. The van der Waals surface area contributed by atoms with Crippen molar-refractivity contribution >= 4 is 22.9 Å². The van der Waals surface area contributed by atoms with Crippen molar-refractivity contribution in [2.75, 3.05) is 13.2 Å². The Hall–Kier alpha value is -4.25. The topological polar surface area (TPSA) is 124 Å². The van der Waals surface area contributed by atoms with Gasteiger partial charge in [-0.05, 0) is 61.7 Å². The van der Waals surface area contributed by atoms with Crippen LogP contribution in [0.15, 0.2) is 84.5 Å². The molecule has 5 aromatic rings. The van der Waals surface area contributed by atoms with Crippen LogP contribution in [0, 0.1) is 0 Å². The Morgan fingerprint density at radius 1 is 1.10 bits per heavy atom. The number of nitrogens with zero attached hydrogens (tertiary/aromatic N) is 3. The van der Waals surface area contributed by atoms with Gasteiger partial charge in [0.05, 0.1) is 0 Å². The summed E-state index contributed by atoms with van der Waals surface area (Å²) < 4.78 is 13.9. The first-order valence-electron chi connectivity index (χ1n) is 12.9. The largest absolute Gasteiger partial charge is 0.490 e. The van der Waals surface area contributed by atoms with Crippen LogP contribution in [-0.4, -0.2) is 50.2 Å². The number of para-hydroxylation sites is 1. The van der Waals surface area contributed by atoms with Crippen molar-refractivity contribution in [1.82, 2.24) is 19.7 Å². The molecule has 40 heavy (non-hydrogen) atoms. The zero-order valence-electron chi connectivity index (χ0n) is 22.3. The number of primary amides is 1. The Bertz CT molecular complexity index is 1600. The SMILES string of the molecule is CC(C)(Cc1cnc2cccc(Oc3ncccc3C(N)=O)n12)NC[C@H](O)COc1ccccc1-c1cccs1. The molecule has 4 N–H and O–H groups in total. The first-order valence-corrected chi connectivity index (χ1v) is 13.8. The van der Waals surface area contributed by atoms with Gasteiger partial charge in [-0.2, -0.15) is 0 Å². The Morgan fingerprint density at radius 3 is 2.75 bits per heavy atom. The number of pyridine rings is 2. The van der Waals surface area contributed by atoms with Gasteiger partial charge in [0.15, 0.2) is 0 Å². The number of fused-ring (bicyclic) bond motifs is 1. The van der Waals surface area contributed by atoms with E-state index >= 15 is 0 Å². The predicted octanol–water partition coefficient (Wildman–Crippen LogP) is 4.70. The quantitative estimate of drug-likeness (QED) is 0.203. The first-order chi connectivity index (χ1) is 19.3. The molecule has 0 fully saturated rings. The maximum absolute atomic E-state index is 11.9. The van der Waals surface area contributed by atoms with Crippen LogP contribution in [0.25, 0.3) is 16.1 Å². The lowest BCUT2D eigenvalue weighted by atomic mass is 9.98. The van der Waals surface area contributed by atoms with Crippen LogP contribution in [0.2, 0.25) is 0 Å². The number of nitrogens with one attached hydrogen (secondary N) is 1. The van der Waals surface area contributed by atoms with E-state index in [0.717, 1.165) is 21.9 Å². The minimum atomic E-state index is -0.715. The Kier molecular flexibility index (Phi) is 8.11. The van der Waals surface area contributed by atoms with Gasteiger partial charge in [0.2, 0.25) is 11.8 Å². The number of ether oxygens (including phenoxy) is 2. The molecule has 0 unspecified atom stereocenters. The van der Waals surface area contributed by atoms with E-state index in [1.807, 2.05) is 52.2 Å². The van der Waals surface area contributed by atoms with Crippen molar-refractivity contribution < 1.29 is 19.4 Å². The van der Waals surface area contributed by atoms with Crippen LogP contribution in [0.5, 0.6) is 17.5 Å². The van der Waals surface area contributed by atoms with E-state index in [2.05, 4.69) is 35.2 Å². The minimum Gasteiger partial charge on any atom is -0.490 e. The summed E-state index contributed by atoms with van der Waals surface area (Å²) in [5.74, 6) is 0.709. The lowest BCUT2D eigenvalue weighted by molar-refractivity contribution is 0.0989. The van der Waals surface area contributed by atoms with E-state index in [4.69, 9.17) is 15.2 Å². The standard InChI is InChI=1S/C30H31N5O4S/c1-30(2,34-18-21(36)19-38-24-10-4-3-8-22(24)25-11-7-15-40-25)16-20-17-33-26-12-5-13-27(35(20)26)39-29-23(28(31)37)9-6-14-32-29/h3-15,17,21,34,36H,16,18-19H2,1-2H3,(H2,31,37)/t21-/m0/s1. The number of amides is 1. The highest BCUT2D eigenvalue weighted by Gasteiger charge is 2.23. The van der Waals surface area contributed by atoms with Crippen LogP contribution in [0.4, 0.5) is 0 Å². The number of thiophene rings is 1. The molecule has 4 aromatic heterocycles. The molecule has 0 bridgehead atoms. The van der Waals surface area contributed by atoms with Crippen molar-refractivity contribution in [2.45, 2.75) is 31.9 Å². The van der Waals surface area contributed by atoms with Gasteiger partial charge in [-0.3, -0.25) is 9.20 Å². The van der Waals surface area contributed by atoms with Crippen LogP contribution in [0.1, 0.15) is 29.9 Å². The number of nitrogens with two attached hydrogens (primary N) is 1. The van der Waals surface area contributed by atoms with Gasteiger partial charge in [-0.15, -0.1) is 11.3 Å². The van der Waals surface area contributed by atoms with Crippen LogP contribution >= 0.6 is 11.3 Å². The molecular weight excluding hydrogens is 526 g/mol. The summed E-state index contributed by atoms with van der Waals surface area (Å²) in [6, 6.07) is 20.6. The first kappa shape index (κ1) is 27.3. The number of carbonyl (C=O) groups excluding carboxylic acids is 1. The number of aliphatic hydroxyl groups is 1. The van der Waals surface area contributed by atoms with E-state index in [1.54, 1.807) is 41.9 Å². The minimum absolute atomic E-state index is 0.128. The molecule has 1 atom stereocenters. The van der Waals surface area contributed by atoms with Crippen molar-refractivity contribution in [3.63, 3.8) is 0 Å². The molecule has 5 rings (SSSR count). The third-order valence-electron chi connectivity index (χ3n) is 6.35. The van der Waals surface area contributed by atoms with Crippen molar-refractivity contribution in [3.05, 3.63) is 95.8 Å². The molecule has 0 aliphatic rings. The van der Waals surface area contributed by atoms with Gasteiger partial charge in [0.1, 0.15) is 29.7 Å². The normalized spacial score (nSPS) is 12.4. The molecular formula is C30H31N5O4S. The highest BCUT2D eigenvalue weighted by molar-refractivity contribution is 7.13. The molecule has 0 radical (unpaired) electrons. The van der Waals surface area contributed by atoms with Crippen molar-refractivity contribution in [3.8, 4) is 28.0 Å². The zero-order valence-corrected chi connectivity index (χ0v) is 23.1. The fourth-order valence-corrected chi connectivity index (χ4v) is 5.17. The van der Waals surface area contributed by atoms with E-state index in [0.29, 0.717) is 24.5 Å². The Morgan fingerprint density at radius 2 is 1.95 bits per heavy atom. The second kappa shape index (κ2) is 11.9. The third kappa shape index (κ3) is 6.31. The van der Waals surface area contributed by atoms with Gasteiger partial charge in [-0.25, -0.2) is 9.97 Å². The number of imidazole rings is 1. The van der Waals surface area contributed by atoms with E-state index in [9.17, 15) is 9.90 Å². The molecule has 1 amide bonds. The van der Waals surface area contributed by atoms with E-state index < -0.39 is 17.6 Å². The Labute approximate surface area is 236 Å². The maximum atomic E-state index is 11.9. The number of carbonyl (C=O) groups is 1. The molecule has 4 heterocycles. The number of aliphatic hydroxyl groups excluding tert-OH is 1. The molecule has 1 aromatic carbocycles. The molecule has 9 nitrogen and oxygen atoms in total. The van der Waals surface area contributed by atoms with Crippen LogP contribution < -0.4 is 20.5 Å². The van der Waals surface area contributed by atoms with Gasteiger partial charge < -0.3 is 25.6 Å². The second-order valence-corrected chi connectivity index (χ2v) is 11.0. The highest BCUT2D eigenvalue weighted by Crippen LogP contribution is 2.33. The fraction of sp³-hybridized carbons (Fsp3) is 0.233. The predicted molar refractivity (Wildman–Crippen MR) is 155 cm³/mol. The number of hydrogen-bond acceptors (Lipinski definition) is 8. The van der Waals surface area contributed by atoms with Gasteiger partial charge in [0, 0.05) is 47.0 Å². The Balaban J connectivity index is 1.24. The van der Waals surface area contributed by atoms with Crippen LogP contribution in [0.3, 0.4) is 0 Å². The number of rotatable bonds is 12. The summed E-state index contributed by atoms with van der Waals surface area (Å²) in [6.45, 7) is 4.61. The van der Waals surface area contributed by atoms with Crippen molar-refractivity contribution in [2.24, 2.45) is 5.73 Å². The molecule has 206 valence electrons. The lowest BCUT2D eigenvalue weighted by Gasteiger charge is -2.28. The van der Waals surface area contributed by atoms with E-state index in [1.165, 1.54) is 0 Å². The molecule has 0 aliphatic carbocycles. The van der Waals surface area contributed by atoms with Gasteiger partial charge in [-0.1, -0.05) is 24.3 Å². The number of hydrogen-bond donors (Lipinski definition) is 3.